The van der Waals surface area contributed by atoms with Crippen LogP contribution in [0.25, 0.3) is 11.0 Å². The van der Waals surface area contributed by atoms with E-state index in [0.717, 1.165) is 16.8 Å². The third-order valence-corrected chi connectivity index (χ3v) is 6.40. The zero-order chi connectivity index (χ0) is 26.4. The SMILES string of the molecule is COc1cc(C)c2c(c1C(C)(CC(=O)O)c1nc3ccc(C#N)cc3n1C(=O)OC(C)(C)C)CCN2. The summed E-state index contributed by atoms with van der Waals surface area (Å²) in [5, 5.41) is 22.9. The summed E-state index contributed by atoms with van der Waals surface area (Å²) in [6, 6.07) is 8.79. The van der Waals surface area contributed by atoms with E-state index in [1.807, 2.05) is 13.0 Å². The van der Waals surface area contributed by atoms with Crippen LogP contribution < -0.4 is 10.1 Å². The third kappa shape index (κ3) is 4.24. The summed E-state index contributed by atoms with van der Waals surface area (Å²) in [7, 11) is 1.55. The summed E-state index contributed by atoms with van der Waals surface area (Å²) in [6.45, 7) is 9.69. The second-order valence-corrected chi connectivity index (χ2v) is 10.3. The number of carboxylic acids is 1. The molecular formula is C27H30N4O5. The van der Waals surface area contributed by atoms with Gasteiger partial charge >= 0.3 is 12.1 Å². The largest absolute Gasteiger partial charge is 0.496 e. The number of methoxy groups -OCH3 is 1. The second-order valence-electron chi connectivity index (χ2n) is 10.3. The lowest BCUT2D eigenvalue weighted by molar-refractivity contribution is -0.138. The fraction of sp³-hybridized carbons (Fsp3) is 0.407. The van der Waals surface area contributed by atoms with Crippen LogP contribution in [-0.4, -0.2) is 46.0 Å². The number of nitrogens with zero attached hydrogens (tertiary/aromatic N) is 3. The molecule has 1 unspecified atom stereocenters. The molecule has 0 amide bonds. The van der Waals surface area contributed by atoms with Gasteiger partial charge in [0.15, 0.2) is 0 Å². The molecule has 1 aliphatic heterocycles. The van der Waals surface area contributed by atoms with Crippen molar-refractivity contribution in [3.8, 4) is 11.8 Å². The molecule has 0 spiro atoms. The number of nitriles is 1. The number of aryl methyl sites for hydroxylation is 1. The number of hydrogen-bond donors (Lipinski definition) is 2. The first-order chi connectivity index (χ1) is 16.9. The molecule has 2 heterocycles. The minimum Gasteiger partial charge on any atom is -0.496 e. The molecule has 1 aromatic heterocycles. The smallest absolute Gasteiger partial charge is 0.420 e. The Morgan fingerprint density at radius 2 is 1.97 bits per heavy atom. The molecule has 0 bridgehead atoms. The van der Waals surface area contributed by atoms with Crippen molar-refractivity contribution in [2.75, 3.05) is 19.0 Å². The van der Waals surface area contributed by atoms with Crippen molar-refractivity contribution >= 4 is 28.8 Å². The molecule has 0 radical (unpaired) electrons. The number of anilines is 1. The molecule has 4 rings (SSSR count). The highest BCUT2D eigenvalue weighted by Crippen LogP contribution is 2.47. The Hall–Kier alpha value is -4.06. The van der Waals surface area contributed by atoms with Gasteiger partial charge in [-0.3, -0.25) is 4.79 Å². The molecule has 2 N–H and O–H groups in total. The van der Waals surface area contributed by atoms with Crippen molar-refractivity contribution in [2.24, 2.45) is 0 Å². The number of nitrogens with one attached hydrogen (secondary N) is 1. The van der Waals surface area contributed by atoms with E-state index in [1.54, 1.807) is 53.0 Å². The van der Waals surface area contributed by atoms with Gasteiger partial charge in [0.25, 0.3) is 0 Å². The molecule has 0 aliphatic carbocycles. The number of fused-ring (bicyclic) bond motifs is 2. The molecule has 188 valence electrons. The van der Waals surface area contributed by atoms with E-state index < -0.39 is 23.1 Å². The van der Waals surface area contributed by atoms with Crippen LogP contribution in [0.2, 0.25) is 0 Å². The Morgan fingerprint density at radius 3 is 2.58 bits per heavy atom. The monoisotopic (exact) mass is 490 g/mol. The minimum atomic E-state index is -1.27. The zero-order valence-corrected chi connectivity index (χ0v) is 21.4. The highest BCUT2D eigenvalue weighted by Gasteiger charge is 2.44. The highest BCUT2D eigenvalue weighted by molar-refractivity contribution is 5.89. The van der Waals surface area contributed by atoms with Crippen LogP contribution in [0.15, 0.2) is 24.3 Å². The van der Waals surface area contributed by atoms with Crippen molar-refractivity contribution in [2.45, 2.75) is 58.5 Å². The molecule has 9 heteroatoms. The summed E-state index contributed by atoms with van der Waals surface area (Å²) in [5.74, 6) is -0.319. The maximum absolute atomic E-state index is 13.6. The van der Waals surface area contributed by atoms with Crippen molar-refractivity contribution in [3.05, 3.63) is 52.3 Å². The highest BCUT2D eigenvalue weighted by atomic mass is 16.6. The second kappa shape index (κ2) is 8.86. The van der Waals surface area contributed by atoms with Crippen LogP contribution in [0.5, 0.6) is 5.75 Å². The van der Waals surface area contributed by atoms with Crippen LogP contribution >= 0.6 is 0 Å². The molecule has 9 nitrogen and oxygen atoms in total. The fourth-order valence-corrected chi connectivity index (χ4v) is 5.02. The van der Waals surface area contributed by atoms with Gasteiger partial charge < -0.3 is 19.9 Å². The molecule has 36 heavy (non-hydrogen) atoms. The van der Waals surface area contributed by atoms with Gasteiger partial charge in [0.1, 0.15) is 17.2 Å². The van der Waals surface area contributed by atoms with Gasteiger partial charge in [0.2, 0.25) is 0 Å². The van der Waals surface area contributed by atoms with Crippen LogP contribution in [-0.2, 0) is 21.4 Å². The lowest BCUT2D eigenvalue weighted by Crippen LogP contribution is -2.36. The maximum Gasteiger partial charge on any atom is 0.420 e. The number of carbonyl (C=O) groups excluding carboxylic acids is 1. The molecule has 0 saturated heterocycles. The minimum absolute atomic E-state index is 0.209. The van der Waals surface area contributed by atoms with E-state index in [9.17, 15) is 20.0 Å². The fourth-order valence-electron chi connectivity index (χ4n) is 5.02. The molecule has 1 aliphatic rings. The predicted molar refractivity (Wildman–Crippen MR) is 135 cm³/mol. The number of ether oxygens (including phenoxy) is 2. The summed E-state index contributed by atoms with van der Waals surface area (Å²) in [6.07, 6.45) is -0.383. The number of rotatable bonds is 5. The summed E-state index contributed by atoms with van der Waals surface area (Å²) in [4.78, 5) is 30.7. The van der Waals surface area contributed by atoms with Gasteiger partial charge in [-0.2, -0.15) is 5.26 Å². The van der Waals surface area contributed by atoms with Crippen LogP contribution in [0, 0.1) is 18.3 Å². The molecule has 0 saturated carbocycles. The molecular weight excluding hydrogens is 460 g/mol. The lowest BCUT2D eigenvalue weighted by Gasteiger charge is -2.32. The van der Waals surface area contributed by atoms with E-state index in [-0.39, 0.29) is 12.2 Å². The summed E-state index contributed by atoms with van der Waals surface area (Å²) in [5.41, 5.74) is 2.61. The van der Waals surface area contributed by atoms with Gasteiger partial charge in [-0.1, -0.05) is 0 Å². The topological polar surface area (TPSA) is 126 Å². The van der Waals surface area contributed by atoms with Crippen molar-refractivity contribution in [3.63, 3.8) is 0 Å². The summed E-state index contributed by atoms with van der Waals surface area (Å²) >= 11 is 0. The number of carboxylic acid groups (broad SMARTS) is 1. The van der Waals surface area contributed by atoms with E-state index in [2.05, 4.69) is 11.4 Å². The van der Waals surface area contributed by atoms with Crippen LogP contribution in [0.1, 0.15) is 62.2 Å². The third-order valence-electron chi connectivity index (χ3n) is 6.40. The quantitative estimate of drug-likeness (QED) is 0.524. The molecule has 0 fully saturated rings. The average molecular weight is 491 g/mol. The van der Waals surface area contributed by atoms with E-state index >= 15 is 0 Å². The molecule has 2 aromatic carbocycles. The molecule has 1 atom stereocenters. The lowest BCUT2D eigenvalue weighted by atomic mass is 9.74. The normalized spacial score (nSPS) is 14.5. The van der Waals surface area contributed by atoms with Crippen LogP contribution in [0.4, 0.5) is 10.5 Å². The van der Waals surface area contributed by atoms with Gasteiger partial charge in [-0.05, 0) is 76.4 Å². The van der Waals surface area contributed by atoms with Crippen molar-refractivity contribution < 1.29 is 24.2 Å². The average Bonchev–Trinajstić information content (AvgIpc) is 3.42. The van der Waals surface area contributed by atoms with Gasteiger partial charge in [-0.25, -0.2) is 14.3 Å². The predicted octanol–water partition coefficient (Wildman–Crippen LogP) is 4.76. The maximum atomic E-state index is 13.6. The number of benzene rings is 2. The first-order valence-electron chi connectivity index (χ1n) is 11.7. The number of hydrogen-bond acceptors (Lipinski definition) is 7. The first kappa shape index (κ1) is 25.0. The van der Waals surface area contributed by atoms with Gasteiger partial charge in [0, 0.05) is 17.8 Å². The first-order valence-corrected chi connectivity index (χ1v) is 11.7. The number of aliphatic carboxylic acids is 1. The standard InChI is InChI=1S/C27H30N4O5/c1-15-11-20(35-6)22(17-9-10-29-23(15)17)27(5,13-21(32)33)24-30-18-8-7-16(14-28)12-19(18)31(24)25(34)36-26(2,3)4/h7-8,11-12,29H,9-10,13H2,1-6H3,(H,32,33). The summed E-state index contributed by atoms with van der Waals surface area (Å²) < 4.78 is 12.8. The Labute approximate surface area is 209 Å². The van der Waals surface area contributed by atoms with E-state index in [0.29, 0.717) is 40.9 Å². The molecule has 3 aromatic rings. The van der Waals surface area contributed by atoms with Crippen LogP contribution in [0.3, 0.4) is 0 Å². The Balaban J connectivity index is 2.11. The van der Waals surface area contributed by atoms with E-state index in [4.69, 9.17) is 14.5 Å². The number of aromatic nitrogens is 2. The Bertz CT molecular complexity index is 1430. The number of imidazole rings is 1. The van der Waals surface area contributed by atoms with Crippen molar-refractivity contribution in [1.29, 1.82) is 5.26 Å². The Kier molecular flexibility index (Phi) is 6.17. The van der Waals surface area contributed by atoms with Crippen molar-refractivity contribution in [1.82, 2.24) is 9.55 Å². The van der Waals surface area contributed by atoms with E-state index in [1.165, 1.54) is 4.57 Å². The van der Waals surface area contributed by atoms with Gasteiger partial charge in [0.05, 0.1) is 41.6 Å². The number of carbonyl (C=O) groups is 2. The zero-order valence-electron chi connectivity index (χ0n) is 21.4. The Morgan fingerprint density at radius 1 is 1.25 bits per heavy atom. The van der Waals surface area contributed by atoms with Gasteiger partial charge in [-0.15, -0.1) is 0 Å².